The van der Waals surface area contributed by atoms with Crippen molar-refractivity contribution >= 4 is 0 Å². The molecule has 1 aromatic carbocycles. The van der Waals surface area contributed by atoms with Gasteiger partial charge in [0.2, 0.25) is 0 Å². The highest BCUT2D eigenvalue weighted by Gasteiger charge is 2.23. The minimum absolute atomic E-state index is 0.417. The third kappa shape index (κ3) is 3.81. The fourth-order valence-corrected chi connectivity index (χ4v) is 2.54. The van der Waals surface area contributed by atoms with Crippen molar-refractivity contribution in [2.45, 2.75) is 19.0 Å². The second-order valence-electron chi connectivity index (χ2n) is 5.30. The largest absolute Gasteiger partial charge is 0.320 e. The second kappa shape index (κ2) is 6.72. The molecule has 1 aliphatic heterocycles. The van der Waals surface area contributed by atoms with Crippen LogP contribution in [0.25, 0.3) is 0 Å². The molecular weight excluding hydrogens is 234 g/mol. The van der Waals surface area contributed by atoms with E-state index in [1.54, 1.807) is 0 Å². The normalized spacial score (nSPS) is 19.5. The summed E-state index contributed by atoms with van der Waals surface area (Å²) in [7, 11) is 4.32. The third-order valence-electron chi connectivity index (χ3n) is 3.71. The van der Waals surface area contributed by atoms with Gasteiger partial charge in [-0.15, -0.1) is 0 Å². The van der Waals surface area contributed by atoms with Gasteiger partial charge < -0.3 is 10.6 Å². The third-order valence-corrected chi connectivity index (χ3v) is 3.71. The van der Waals surface area contributed by atoms with Gasteiger partial charge in [-0.25, -0.2) is 0 Å². The van der Waals surface area contributed by atoms with Gasteiger partial charge in [0, 0.05) is 31.2 Å². The summed E-state index contributed by atoms with van der Waals surface area (Å²) in [5.74, 6) is 6.12. The molecule has 1 fully saturated rings. The number of likely N-dealkylation sites (tertiary alicyclic amines) is 1. The molecule has 1 heterocycles. The molecule has 1 aliphatic rings. The topological polar surface area (TPSA) is 32.5 Å². The van der Waals surface area contributed by atoms with Crippen LogP contribution in [0, 0.1) is 11.8 Å². The molecule has 19 heavy (non-hydrogen) atoms. The molecule has 0 saturated carbocycles. The van der Waals surface area contributed by atoms with E-state index in [1.165, 1.54) is 18.5 Å². The Kier molecular flexibility index (Phi) is 4.98. The molecule has 1 unspecified atom stereocenters. The van der Waals surface area contributed by atoms with Crippen LogP contribution in [0.2, 0.25) is 0 Å². The first kappa shape index (κ1) is 14.1. The summed E-state index contributed by atoms with van der Waals surface area (Å²) >= 11 is 0. The molecule has 3 nitrogen and oxygen atoms in total. The molecule has 0 bridgehead atoms. The summed E-state index contributed by atoms with van der Waals surface area (Å²) in [5.41, 5.74) is 7.87. The Hall–Kier alpha value is -1.34. The van der Waals surface area contributed by atoms with Crippen LogP contribution in [0.1, 0.15) is 17.5 Å². The predicted molar refractivity (Wildman–Crippen MR) is 79.7 cm³/mol. The van der Waals surface area contributed by atoms with Crippen LogP contribution < -0.4 is 5.73 Å². The Morgan fingerprint density at radius 1 is 1.37 bits per heavy atom. The SMILES string of the molecule is CN(C)C1CCN(Cc2ccccc2C#CCN)C1. The monoisotopic (exact) mass is 257 g/mol. The standard InChI is InChI=1S/C16H23N3/c1-18(2)16-9-11-19(13-16)12-15-7-4-3-6-14(15)8-5-10-17/h3-4,6-7,16H,9-13,17H2,1-2H3. The first-order valence-corrected chi connectivity index (χ1v) is 6.86. The zero-order valence-corrected chi connectivity index (χ0v) is 11.9. The van der Waals surface area contributed by atoms with Crippen molar-refractivity contribution in [3.05, 3.63) is 35.4 Å². The minimum atomic E-state index is 0.417. The molecule has 0 aromatic heterocycles. The molecule has 2 N–H and O–H groups in total. The summed E-state index contributed by atoms with van der Waals surface area (Å²) < 4.78 is 0. The summed E-state index contributed by atoms with van der Waals surface area (Å²) in [4.78, 5) is 4.83. The predicted octanol–water partition coefficient (Wildman–Crippen LogP) is 1.13. The van der Waals surface area contributed by atoms with Gasteiger partial charge in [0.1, 0.15) is 0 Å². The van der Waals surface area contributed by atoms with Gasteiger partial charge in [0.25, 0.3) is 0 Å². The first-order chi connectivity index (χ1) is 9.20. The molecule has 0 aliphatic carbocycles. The van der Waals surface area contributed by atoms with Crippen molar-refractivity contribution in [1.29, 1.82) is 0 Å². The quantitative estimate of drug-likeness (QED) is 0.824. The first-order valence-electron chi connectivity index (χ1n) is 6.86. The van der Waals surface area contributed by atoms with E-state index in [2.05, 4.69) is 53.9 Å². The average molecular weight is 257 g/mol. The van der Waals surface area contributed by atoms with Crippen LogP contribution >= 0.6 is 0 Å². The number of likely N-dealkylation sites (N-methyl/N-ethyl adjacent to an activating group) is 1. The van der Waals surface area contributed by atoms with E-state index in [-0.39, 0.29) is 0 Å². The fraction of sp³-hybridized carbons (Fsp3) is 0.500. The number of nitrogens with two attached hydrogens (primary N) is 1. The highest BCUT2D eigenvalue weighted by Crippen LogP contribution is 2.18. The lowest BCUT2D eigenvalue weighted by Crippen LogP contribution is -2.31. The molecule has 1 atom stereocenters. The smallest absolute Gasteiger partial charge is 0.0555 e. The minimum Gasteiger partial charge on any atom is -0.320 e. The Bertz CT molecular complexity index is 470. The molecule has 1 aromatic rings. The molecule has 2 rings (SSSR count). The summed E-state index contributed by atoms with van der Waals surface area (Å²) in [6.45, 7) is 3.72. The molecule has 102 valence electrons. The van der Waals surface area contributed by atoms with Gasteiger partial charge in [0.05, 0.1) is 6.54 Å². The molecule has 0 spiro atoms. The van der Waals surface area contributed by atoms with Gasteiger partial charge >= 0.3 is 0 Å². The number of rotatable bonds is 3. The Morgan fingerprint density at radius 3 is 2.84 bits per heavy atom. The van der Waals surface area contributed by atoms with Crippen molar-refractivity contribution in [2.24, 2.45) is 5.73 Å². The van der Waals surface area contributed by atoms with Gasteiger partial charge in [0.15, 0.2) is 0 Å². The van der Waals surface area contributed by atoms with Gasteiger partial charge in [-0.1, -0.05) is 30.0 Å². The lowest BCUT2D eigenvalue weighted by Gasteiger charge is -2.20. The van der Waals surface area contributed by atoms with Crippen LogP contribution in [0.15, 0.2) is 24.3 Å². The molecule has 0 amide bonds. The number of hydrogen-bond donors (Lipinski definition) is 1. The highest BCUT2D eigenvalue weighted by molar-refractivity contribution is 5.41. The molecule has 0 radical (unpaired) electrons. The fourth-order valence-electron chi connectivity index (χ4n) is 2.54. The van der Waals surface area contributed by atoms with E-state index in [4.69, 9.17) is 5.73 Å². The Balaban J connectivity index is 2.04. The van der Waals surface area contributed by atoms with Crippen molar-refractivity contribution in [1.82, 2.24) is 9.80 Å². The summed E-state index contributed by atoms with van der Waals surface area (Å²) in [5, 5.41) is 0. The van der Waals surface area contributed by atoms with Crippen LogP contribution in [-0.2, 0) is 6.54 Å². The van der Waals surface area contributed by atoms with E-state index in [0.717, 1.165) is 18.7 Å². The maximum Gasteiger partial charge on any atom is 0.0555 e. The van der Waals surface area contributed by atoms with E-state index in [1.807, 2.05) is 6.07 Å². The lowest BCUT2D eigenvalue weighted by atomic mass is 10.1. The van der Waals surface area contributed by atoms with Crippen molar-refractivity contribution in [3.63, 3.8) is 0 Å². The Morgan fingerprint density at radius 2 is 2.16 bits per heavy atom. The zero-order chi connectivity index (χ0) is 13.7. The zero-order valence-electron chi connectivity index (χ0n) is 11.9. The highest BCUT2D eigenvalue weighted by atomic mass is 15.2. The van der Waals surface area contributed by atoms with Crippen molar-refractivity contribution in [2.75, 3.05) is 33.7 Å². The second-order valence-corrected chi connectivity index (χ2v) is 5.30. The number of benzene rings is 1. The van der Waals surface area contributed by atoms with Crippen LogP contribution in [0.3, 0.4) is 0 Å². The van der Waals surface area contributed by atoms with Gasteiger partial charge in [-0.05, 0) is 32.1 Å². The number of nitrogens with zero attached hydrogens (tertiary/aromatic N) is 2. The molecule has 3 heteroatoms. The summed E-state index contributed by atoms with van der Waals surface area (Å²) in [6.07, 6.45) is 1.25. The van der Waals surface area contributed by atoms with Crippen molar-refractivity contribution in [3.8, 4) is 11.8 Å². The van der Waals surface area contributed by atoms with Crippen LogP contribution in [0.5, 0.6) is 0 Å². The Labute approximate surface area is 116 Å². The molecule has 1 saturated heterocycles. The maximum absolute atomic E-state index is 5.45. The van der Waals surface area contributed by atoms with Crippen LogP contribution in [-0.4, -0.2) is 49.6 Å². The van der Waals surface area contributed by atoms with E-state index in [0.29, 0.717) is 12.6 Å². The van der Waals surface area contributed by atoms with E-state index < -0.39 is 0 Å². The van der Waals surface area contributed by atoms with Crippen molar-refractivity contribution < 1.29 is 0 Å². The molecular formula is C16H23N3. The van der Waals surface area contributed by atoms with E-state index in [9.17, 15) is 0 Å². The van der Waals surface area contributed by atoms with Gasteiger partial charge in [-0.2, -0.15) is 0 Å². The number of hydrogen-bond acceptors (Lipinski definition) is 3. The van der Waals surface area contributed by atoms with Crippen LogP contribution in [0.4, 0.5) is 0 Å². The maximum atomic E-state index is 5.45. The van der Waals surface area contributed by atoms with E-state index >= 15 is 0 Å². The lowest BCUT2D eigenvalue weighted by molar-refractivity contribution is 0.264. The van der Waals surface area contributed by atoms with Gasteiger partial charge in [-0.3, -0.25) is 4.90 Å². The summed E-state index contributed by atoms with van der Waals surface area (Å²) in [6, 6.07) is 9.06. The average Bonchev–Trinajstić information content (AvgIpc) is 2.86.